The van der Waals surface area contributed by atoms with Crippen LogP contribution in [-0.2, 0) is 9.53 Å². The number of likely N-dealkylation sites (tertiary alicyclic amines) is 1. The van der Waals surface area contributed by atoms with Crippen LogP contribution in [0.3, 0.4) is 0 Å². The summed E-state index contributed by atoms with van der Waals surface area (Å²) in [5, 5.41) is 12.8. The van der Waals surface area contributed by atoms with E-state index in [1.54, 1.807) is 6.92 Å². The van der Waals surface area contributed by atoms with Gasteiger partial charge in [0.05, 0.1) is 19.1 Å². The number of nitrogens with zero attached hydrogens (tertiary/aromatic N) is 1. The van der Waals surface area contributed by atoms with Crippen molar-refractivity contribution in [1.29, 1.82) is 0 Å². The molecule has 0 aliphatic carbocycles. The second kappa shape index (κ2) is 8.44. The van der Waals surface area contributed by atoms with E-state index in [0.29, 0.717) is 26.1 Å². The Kier molecular flexibility index (Phi) is 7.16. The van der Waals surface area contributed by atoms with E-state index in [1.165, 1.54) is 12.8 Å². The molecule has 1 fully saturated rings. The number of hydrogen-bond donors (Lipinski definition) is 2. The van der Waals surface area contributed by atoms with Gasteiger partial charge in [-0.25, -0.2) is 0 Å². The van der Waals surface area contributed by atoms with Gasteiger partial charge in [0.1, 0.15) is 0 Å². The van der Waals surface area contributed by atoms with Crippen molar-refractivity contribution in [3.8, 4) is 0 Å². The number of aliphatic hydroxyl groups is 1. The molecule has 2 N–H and O–H groups in total. The highest BCUT2D eigenvalue weighted by Crippen LogP contribution is 2.07. The highest BCUT2D eigenvalue weighted by Gasteiger charge is 2.15. The van der Waals surface area contributed by atoms with Crippen molar-refractivity contribution in [2.75, 3.05) is 39.3 Å². The average Bonchev–Trinajstić information content (AvgIpc) is 2.77. The average molecular weight is 244 g/mol. The Morgan fingerprint density at radius 2 is 2.18 bits per heavy atom. The SMILES string of the molecule is CCOC(=O)CCNCC(O)CN1CCCC1. The zero-order valence-electron chi connectivity index (χ0n) is 10.7. The lowest BCUT2D eigenvalue weighted by atomic mass is 10.3. The molecule has 0 radical (unpaired) electrons. The van der Waals surface area contributed by atoms with E-state index in [9.17, 15) is 9.90 Å². The van der Waals surface area contributed by atoms with Crippen LogP contribution in [0.25, 0.3) is 0 Å². The topological polar surface area (TPSA) is 61.8 Å². The molecule has 1 atom stereocenters. The number of aliphatic hydroxyl groups excluding tert-OH is 1. The number of nitrogens with one attached hydrogen (secondary N) is 1. The summed E-state index contributed by atoms with van der Waals surface area (Å²) in [5.74, 6) is -0.186. The third-order valence-electron chi connectivity index (χ3n) is 2.86. The fourth-order valence-corrected chi connectivity index (χ4v) is 2.02. The zero-order chi connectivity index (χ0) is 12.5. The van der Waals surface area contributed by atoms with Crippen LogP contribution >= 0.6 is 0 Å². The van der Waals surface area contributed by atoms with Crippen molar-refractivity contribution < 1.29 is 14.6 Å². The highest BCUT2D eigenvalue weighted by atomic mass is 16.5. The van der Waals surface area contributed by atoms with Crippen molar-refractivity contribution in [3.63, 3.8) is 0 Å². The summed E-state index contributed by atoms with van der Waals surface area (Å²) in [5.41, 5.74) is 0. The van der Waals surface area contributed by atoms with Gasteiger partial charge in [-0.1, -0.05) is 0 Å². The van der Waals surface area contributed by atoms with E-state index in [4.69, 9.17) is 4.74 Å². The molecule has 1 unspecified atom stereocenters. The number of esters is 1. The Hall–Kier alpha value is -0.650. The molecule has 1 aliphatic rings. The van der Waals surface area contributed by atoms with E-state index in [1.807, 2.05) is 0 Å². The minimum Gasteiger partial charge on any atom is -0.466 e. The number of hydrogen-bond acceptors (Lipinski definition) is 5. The van der Waals surface area contributed by atoms with Gasteiger partial charge in [-0.05, 0) is 32.9 Å². The molecule has 0 saturated carbocycles. The van der Waals surface area contributed by atoms with E-state index in [0.717, 1.165) is 19.6 Å². The first kappa shape index (κ1) is 14.4. The molecular formula is C12H24N2O3. The van der Waals surface area contributed by atoms with Crippen LogP contribution < -0.4 is 5.32 Å². The monoisotopic (exact) mass is 244 g/mol. The minimum absolute atomic E-state index is 0.186. The highest BCUT2D eigenvalue weighted by molar-refractivity contribution is 5.69. The number of rotatable bonds is 8. The molecular weight excluding hydrogens is 220 g/mol. The van der Waals surface area contributed by atoms with Gasteiger partial charge in [-0.2, -0.15) is 0 Å². The summed E-state index contributed by atoms with van der Waals surface area (Å²) in [4.78, 5) is 13.3. The number of carbonyl (C=O) groups is 1. The lowest BCUT2D eigenvalue weighted by Crippen LogP contribution is -2.37. The smallest absolute Gasteiger partial charge is 0.307 e. The molecule has 0 aromatic rings. The van der Waals surface area contributed by atoms with Gasteiger partial charge >= 0.3 is 5.97 Å². The molecule has 1 aliphatic heterocycles. The quantitative estimate of drug-likeness (QED) is 0.464. The lowest BCUT2D eigenvalue weighted by Gasteiger charge is -2.19. The van der Waals surface area contributed by atoms with Crippen LogP contribution in [0, 0.1) is 0 Å². The molecule has 0 bridgehead atoms. The summed E-state index contributed by atoms with van der Waals surface area (Å²) in [6, 6.07) is 0. The molecule has 1 rings (SSSR count). The lowest BCUT2D eigenvalue weighted by molar-refractivity contribution is -0.143. The van der Waals surface area contributed by atoms with Crippen molar-refractivity contribution in [1.82, 2.24) is 10.2 Å². The van der Waals surface area contributed by atoms with Gasteiger partial charge in [0.2, 0.25) is 0 Å². The summed E-state index contributed by atoms with van der Waals surface area (Å²) < 4.78 is 4.81. The Bertz CT molecular complexity index is 218. The molecule has 0 aromatic carbocycles. The van der Waals surface area contributed by atoms with E-state index in [2.05, 4.69) is 10.2 Å². The Balaban J connectivity index is 1.96. The third-order valence-corrected chi connectivity index (χ3v) is 2.86. The summed E-state index contributed by atoms with van der Waals surface area (Å²) >= 11 is 0. The van der Waals surface area contributed by atoms with Crippen molar-refractivity contribution in [2.45, 2.75) is 32.3 Å². The molecule has 100 valence electrons. The normalized spacial score (nSPS) is 18.2. The van der Waals surface area contributed by atoms with Gasteiger partial charge < -0.3 is 20.1 Å². The van der Waals surface area contributed by atoms with Crippen molar-refractivity contribution in [2.24, 2.45) is 0 Å². The van der Waals surface area contributed by atoms with E-state index < -0.39 is 0 Å². The molecule has 17 heavy (non-hydrogen) atoms. The Labute approximate surface area is 103 Å². The van der Waals surface area contributed by atoms with Crippen LogP contribution in [0.1, 0.15) is 26.2 Å². The van der Waals surface area contributed by atoms with Gasteiger partial charge in [-0.15, -0.1) is 0 Å². The predicted molar refractivity (Wildman–Crippen MR) is 65.8 cm³/mol. The van der Waals surface area contributed by atoms with Crippen LogP contribution in [0.2, 0.25) is 0 Å². The number of ether oxygens (including phenoxy) is 1. The molecule has 1 heterocycles. The van der Waals surface area contributed by atoms with Crippen LogP contribution in [0.5, 0.6) is 0 Å². The fraction of sp³-hybridized carbons (Fsp3) is 0.917. The Morgan fingerprint density at radius 3 is 2.82 bits per heavy atom. The second-order valence-electron chi connectivity index (χ2n) is 4.42. The molecule has 0 amide bonds. The van der Waals surface area contributed by atoms with Gasteiger partial charge in [0, 0.05) is 19.6 Å². The van der Waals surface area contributed by atoms with Crippen LogP contribution in [0.4, 0.5) is 0 Å². The summed E-state index contributed by atoms with van der Waals surface area (Å²) in [6.45, 7) is 6.25. The van der Waals surface area contributed by atoms with E-state index >= 15 is 0 Å². The fourth-order valence-electron chi connectivity index (χ4n) is 2.02. The van der Waals surface area contributed by atoms with Crippen LogP contribution in [-0.4, -0.2) is 61.4 Å². The standard InChI is InChI=1S/C12H24N2O3/c1-2-17-12(16)5-6-13-9-11(15)10-14-7-3-4-8-14/h11,13,15H,2-10H2,1H3. The maximum absolute atomic E-state index is 11.0. The minimum atomic E-state index is -0.352. The first-order chi connectivity index (χ1) is 8.22. The van der Waals surface area contributed by atoms with Gasteiger partial charge in [0.15, 0.2) is 0 Å². The molecule has 5 nitrogen and oxygen atoms in total. The Morgan fingerprint density at radius 1 is 1.47 bits per heavy atom. The first-order valence-corrected chi connectivity index (χ1v) is 6.49. The maximum Gasteiger partial charge on any atom is 0.307 e. The summed E-state index contributed by atoms with van der Waals surface area (Å²) in [6.07, 6.45) is 2.49. The largest absolute Gasteiger partial charge is 0.466 e. The second-order valence-corrected chi connectivity index (χ2v) is 4.42. The molecule has 1 saturated heterocycles. The predicted octanol–water partition coefficient (Wildman–Crippen LogP) is -0.0141. The van der Waals surface area contributed by atoms with E-state index in [-0.39, 0.29) is 12.1 Å². The zero-order valence-corrected chi connectivity index (χ0v) is 10.7. The third kappa shape index (κ3) is 6.61. The van der Waals surface area contributed by atoms with Gasteiger partial charge in [0.25, 0.3) is 0 Å². The van der Waals surface area contributed by atoms with Crippen molar-refractivity contribution >= 4 is 5.97 Å². The molecule has 0 spiro atoms. The number of β-amino-alcohol motifs (C(OH)–C–C–N with tert-alkyl or cyclic N) is 1. The summed E-state index contributed by atoms with van der Waals surface area (Å²) in [7, 11) is 0. The molecule has 5 heteroatoms. The van der Waals surface area contributed by atoms with Gasteiger partial charge in [-0.3, -0.25) is 4.79 Å². The molecule has 0 aromatic heterocycles. The van der Waals surface area contributed by atoms with Crippen molar-refractivity contribution in [3.05, 3.63) is 0 Å². The number of carbonyl (C=O) groups excluding carboxylic acids is 1. The first-order valence-electron chi connectivity index (χ1n) is 6.49. The van der Waals surface area contributed by atoms with Crippen LogP contribution in [0.15, 0.2) is 0 Å². The maximum atomic E-state index is 11.0.